The van der Waals surface area contributed by atoms with E-state index in [4.69, 9.17) is 0 Å². The molecule has 0 bridgehead atoms. The van der Waals surface area contributed by atoms with Gasteiger partial charge in [-0.15, -0.1) is 0 Å². The number of β-amino-alcohol motifs (C(OH)–C–C–N with tert-alkyl or cyclic N) is 1. The number of aromatic nitrogens is 1. The first-order valence-corrected chi connectivity index (χ1v) is 4.34. The maximum atomic E-state index is 9.47. The summed E-state index contributed by atoms with van der Waals surface area (Å²) in [6.45, 7) is 1.32. The molecule has 13 heavy (non-hydrogen) atoms. The lowest BCUT2D eigenvalue weighted by atomic mass is 10.3. The Morgan fingerprint density at radius 2 is 2.38 bits per heavy atom. The summed E-state index contributed by atoms with van der Waals surface area (Å²) in [5.41, 5.74) is 0. The second-order valence-electron chi connectivity index (χ2n) is 3.23. The zero-order valence-corrected chi connectivity index (χ0v) is 7.22. The first-order chi connectivity index (χ1) is 6.27. The molecule has 2 N–H and O–H groups in total. The Balaban J connectivity index is 2.21. The van der Waals surface area contributed by atoms with Crippen molar-refractivity contribution in [2.75, 3.05) is 18.0 Å². The van der Waals surface area contributed by atoms with Gasteiger partial charge in [0.05, 0.1) is 6.10 Å². The van der Waals surface area contributed by atoms with Crippen molar-refractivity contribution in [1.29, 1.82) is 0 Å². The molecule has 1 aliphatic rings. The molecule has 2 rings (SSSR count). The molecule has 1 saturated heterocycles. The van der Waals surface area contributed by atoms with Crippen LogP contribution in [0.3, 0.4) is 0 Å². The van der Waals surface area contributed by atoms with Gasteiger partial charge < -0.3 is 15.1 Å². The number of nitrogens with zero attached hydrogens (tertiary/aromatic N) is 2. The summed E-state index contributed by atoms with van der Waals surface area (Å²) in [5, 5.41) is 18.8. The number of rotatable bonds is 1. The van der Waals surface area contributed by atoms with E-state index < -0.39 is 0 Å². The average molecular weight is 180 g/mol. The number of aliphatic hydroxyl groups excluding tert-OH is 1. The van der Waals surface area contributed by atoms with Crippen LogP contribution in [0.4, 0.5) is 5.82 Å². The van der Waals surface area contributed by atoms with E-state index in [-0.39, 0.29) is 11.9 Å². The van der Waals surface area contributed by atoms with Crippen LogP contribution < -0.4 is 4.90 Å². The molecular formula is C9H12N2O2. The van der Waals surface area contributed by atoms with Gasteiger partial charge in [0.25, 0.3) is 0 Å². The van der Waals surface area contributed by atoms with E-state index in [9.17, 15) is 10.2 Å². The van der Waals surface area contributed by atoms with E-state index in [2.05, 4.69) is 4.98 Å². The molecule has 0 aromatic carbocycles. The second-order valence-corrected chi connectivity index (χ2v) is 3.23. The van der Waals surface area contributed by atoms with Gasteiger partial charge in [-0.1, -0.05) is 0 Å². The lowest BCUT2D eigenvalue weighted by Crippen LogP contribution is -2.22. The monoisotopic (exact) mass is 180 g/mol. The lowest BCUT2D eigenvalue weighted by Gasteiger charge is -2.16. The van der Waals surface area contributed by atoms with Crippen LogP contribution in [0.15, 0.2) is 18.3 Å². The minimum absolute atomic E-state index is 0.177. The fraction of sp³-hybridized carbons (Fsp3) is 0.444. The zero-order chi connectivity index (χ0) is 9.26. The molecule has 1 aromatic rings. The van der Waals surface area contributed by atoms with Crippen molar-refractivity contribution < 1.29 is 10.2 Å². The van der Waals surface area contributed by atoms with Crippen molar-refractivity contribution in [3.63, 3.8) is 0 Å². The van der Waals surface area contributed by atoms with Gasteiger partial charge in [0.2, 0.25) is 0 Å². The van der Waals surface area contributed by atoms with Crippen LogP contribution in [0.1, 0.15) is 6.42 Å². The van der Waals surface area contributed by atoms with Gasteiger partial charge in [-0.2, -0.15) is 0 Å². The maximum absolute atomic E-state index is 9.47. The molecule has 0 radical (unpaired) electrons. The molecule has 1 atom stereocenters. The van der Waals surface area contributed by atoms with Crippen LogP contribution in [0.5, 0.6) is 5.75 Å². The van der Waals surface area contributed by atoms with Crippen LogP contribution >= 0.6 is 0 Å². The third kappa shape index (κ3) is 1.58. The average Bonchev–Trinajstić information content (AvgIpc) is 2.53. The third-order valence-corrected chi connectivity index (χ3v) is 2.23. The maximum Gasteiger partial charge on any atom is 0.171 e. The van der Waals surface area contributed by atoms with Crippen molar-refractivity contribution >= 4 is 5.82 Å². The Morgan fingerprint density at radius 3 is 3.00 bits per heavy atom. The number of hydrogen-bond donors (Lipinski definition) is 2. The third-order valence-electron chi connectivity index (χ3n) is 2.23. The van der Waals surface area contributed by atoms with Gasteiger partial charge in [0.15, 0.2) is 11.6 Å². The largest absolute Gasteiger partial charge is 0.504 e. The van der Waals surface area contributed by atoms with E-state index in [0.717, 1.165) is 13.0 Å². The molecule has 1 fully saturated rings. The van der Waals surface area contributed by atoms with Gasteiger partial charge in [-0.25, -0.2) is 4.98 Å². The number of aliphatic hydroxyl groups is 1. The zero-order valence-electron chi connectivity index (χ0n) is 7.22. The lowest BCUT2D eigenvalue weighted by molar-refractivity contribution is 0.198. The van der Waals surface area contributed by atoms with Crippen molar-refractivity contribution in [3.8, 4) is 5.75 Å². The number of hydrogen-bond acceptors (Lipinski definition) is 4. The number of aromatic hydroxyl groups is 1. The predicted octanol–water partition coefficient (Wildman–Crippen LogP) is 0.358. The molecule has 4 heteroatoms. The van der Waals surface area contributed by atoms with Gasteiger partial charge >= 0.3 is 0 Å². The predicted molar refractivity (Wildman–Crippen MR) is 48.7 cm³/mol. The molecular weight excluding hydrogens is 168 g/mol. The number of pyridine rings is 1. The highest BCUT2D eigenvalue weighted by Crippen LogP contribution is 2.26. The van der Waals surface area contributed by atoms with Crippen LogP contribution in [0, 0.1) is 0 Å². The van der Waals surface area contributed by atoms with Crippen LogP contribution in [-0.4, -0.2) is 34.4 Å². The van der Waals surface area contributed by atoms with Crippen LogP contribution in [0.2, 0.25) is 0 Å². The fourth-order valence-electron chi connectivity index (χ4n) is 1.57. The van der Waals surface area contributed by atoms with E-state index in [0.29, 0.717) is 12.4 Å². The van der Waals surface area contributed by atoms with E-state index >= 15 is 0 Å². The van der Waals surface area contributed by atoms with E-state index in [1.165, 1.54) is 0 Å². The van der Waals surface area contributed by atoms with Gasteiger partial charge in [-0.05, 0) is 18.6 Å². The second kappa shape index (κ2) is 3.22. The number of anilines is 1. The topological polar surface area (TPSA) is 56.6 Å². The molecule has 0 amide bonds. The van der Waals surface area contributed by atoms with E-state index in [1.807, 2.05) is 4.90 Å². The van der Waals surface area contributed by atoms with Crippen molar-refractivity contribution in [2.45, 2.75) is 12.5 Å². The molecule has 0 aliphatic carbocycles. The molecule has 1 aromatic heterocycles. The molecule has 70 valence electrons. The van der Waals surface area contributed by atoms with Gasteiger partial charge in [-0.3, -0.25) is 0 Å². The smallest absolute Gasteiger partial charge is 0.171 e. The van der Waals surface area contributed by atoms with Gasteiger partial charge in [0, 0.05) is 19.3 Å². The molecule has 0 saturated carbocycles. The molecule has 0 unspecified atom stereocenters. The normalized spacial score (nSPS) is 22.2. The standard InChI is InChI=1S/C9H12N2O2/c12-7-3-5-11(6-7)9-8(13)2-1-4-10-9/h1-2,4,7,12-13H,3,5-6H2/t7-/m0/s1. The summed E-state index contributed by atoms with van der Waals surface area (Å²) in [6, 6.07) is 3.29. The van der Waals surface area contributed by atoms with Crippen molar-refractivity contribution in [1.82, 2.24) is 4.98 Å². The highest BCUT2D eigenvalue weighted by Gasteiger charge is 2.22. The fourth-order valence-corrected chi connectivity index (χ4v) is 1.57. The Kier molecular flexibility index (Phi) is 2.06. The summed E-state index contributed by atoms with van der Waals surface area (Å²) < 4.78 is 0. The Hall–Kier alpha value is -1.29. The summed E-state index contributed by atoms with van der Waals surface area (Å²) >= 11 is 0. The first kappa shape index (κ1) is 8.31. The first-order valence-electron chi connectivity index (χ1n) is 4.34. The minimum atomic E-state index is -0.290. The molecule has 0 spiro atoms. The highest BCUT2D eigenvalue weighted by molar-refractivity contribution is 5.51. The summed E-state index contributed by atoms with van der Waals surface area (Å²) in [7, 11) is 0. The quantitative estimate of drug-likeness (QED) is 0.655. The highest BCUT2D eigenvalue weighted by atomic mass is 16.3. The summed E-state index contributed by atoms with van der Waals surface area (Å²) in [4.78, 5) is 5.95. The van der Waals surface area contributed by atoms with Crippen molar-refractivity contribution in [3.05, 3.63) is 18.3 Å². The summed E-state index contributed by atoms with van der Waals surface area (Å²) in [5.74, 6) is 0.746. The van der Waals surface area contributed by atoms with Gasteiger partial charge in [0.1, 0.15) is 0 Å². The Bertz CT molecular complexity index is 303. The molecule has 2 heterocycles. The Labute approximate surface area is 76.5 Å². The summed E-state index contributed by atoms with van der Waals surface area (Å²) in [6.07, 6.45) is 2.09. The Morgan fingerprint density at radius 1 is 1.54 bits per heavy atom. The SMILES string of the molecule is Oc1cccnc1N1CC[C@H](O)C1. The molecule has 1 aliphatic heterocycles. The van der Waals surface area contributed by atoms with E-state index in [1.54, 1.807) is 18.3 Å². The molecule has 4 nitrogen and oxygen atoms in total. The van der Waals surface area contributed by atoms with Crippen LogP contribution in [0.25, 0.3) is 0 Å². The van der Waals surface area contributed by atoms with Crippen molar-refractivity contribution in [2.24, 2.45) is 0 Å². The van der Waals surface area contributed by atoms with Crippen LogP contribution in [-0.2, 0) is 0 Å². The minimum Gasteiger partial charge on any atom is -0.504 e.